The molecule has 3 aromatic carbocycles. The number of nitrogens with zero attached hydrogens (tertiary/aromatic N) is 4. The quantitative estimate of drug-likeness (QED) is 0.387. The SMILES string of the molecule is COCCNC(=O)[C@H](c1ccccc1)N(C(=O)Cn1nnc2ccccc21)c1ccc(F)cc1. The van der Waals surface area contributed by atoms with Gasteiger partial charge in [0, 0.05) is 19.3 Å². The molecule has 0 spiro atoms. The van der Waals surface area contributed by atoms with Crippen molar-refractivity contribution in [2.45, 2.75) is 12.6 Å². The summed E-state index contributed by atoms with van der Waals surface area (Å²) < 4.78 is 20.2. The van der Waals surface area contributed by atoms with Crippen LogP contribution in [0.4, 0.5) is 10.1 Å². The van der Waals surface area contributed by atoms with Gasteiger partial charge in [-0.3, -0.25) is 14.5 Å². The van der Waals surface area contributed by atoms with E-state index >= 15 is 0 Å². The van der Waals surface area contributed by atoms with Crippen LogP contribution in [0.3, 0.4) is 0 Å². The molecule has 1 heterocycles. The fourth-order valence-corrected chi connectivity index (χ4v) is 3.70. The third-order valence-electron chi connectivity index (χ3n) is 5.31. The Morgan fingerprint density at radius 2 is 1.74 bits per heavy atom. The maximum atomic E-state index is 13.7. The Morgan fingerprint density at radius 1 is 1.03 bits per heavy atom. The molecular weight excluding hydrogens is 437 g/mol. The van der Waals surface area contributed by atoms with Gasteiger partial charge in [-0.05, 0) is 42.0 Å². The number of anilines is 1. The van der Waals surface area contributed by atoms with Gasteiger partial charge in [0.05, 0.1) is 12.1 Å². The van der Waals surface area contributed by atoms with Crippen LogP contribution in [0.1, 0.15) is 11.6 Å². The molecule has 0 bridgehead atoms. The topological polar surface area (TPSA) is 89.4 Å². The van der Waals surface area contributed by atoms with Gasteiger partial charge in [0.1, 0.15) is 23.9 Å². The monoisotopic (exact) mass is 461 g/mol. The fourth-order valence-electron chi connectivity index (χ4n) is 3.70. The predicted molar refractivity (Wildman–Crippen MR) is 125 cm³/mol. The number of fused-ring (bicyclic) bond motifs is 1. The third kappa shape index (κ3) is 5.10. The molecule has 0 aliphatic heterocycles. The van der Waals surface area contributed by atoms with Crippen molar-refractivity contribution >= 4 is 28.5 Å². The summed E-state index contributed by atoms with van der Waals surface area (Å²) in [6.45, 7) is 0.438. The second-order valence-corrected chi connectivity index (χ2v) is 7.57. The highest BCUT2D eigenvalue weighted by Gasteiger charge is 2.33. The molecule has 0 aliphatic carbocycles. The zero-order chi connectivity index (χ0) is 23.9. The van der Waals surface area contributed by atoms with Crippen LogP contribution in [-0.2, 0) is 20.9 Å². The smallest absolute Gasteiger partial charge is 0.249 e. The van der Waals surface area contributed by atoms with Crippen molar-refractivity contribution in [3.63, 3.8) is 0 Å². The molecule has 0 unspecified atom stereocenters. The summed E-state index contributed by atoms with van der Waals surface area (Å²) in [5.74, 6) is -1.23. The Bertz CT molecular complexity index is 1260. The van der Waals surface area contributed by atoms with Gasteiger partial charge in [0.2, 0.25) is 11.8 Å². The molecule has 0 saturated carbocycles. The summed E-state index contributed by atoms with van der Waals surface area (Å²) in [4.78, 5) is 28.4. The summed E-state index contributed by atoms with van der Waals surface area (Å²) in [6, 6.07) is 20.7. The van der Waals surface area contributed by atoms with Gasteiger partial charge in [0.25, 0.3) is 0 Å². The molecule has 1 atom stereocenters. The number of nitrogens with one attached hydrogen (secondary N) is 1. The van der Waals surface area contributed by atoms with E-state index in [2.05, 4.69) is 15.6 Å². The summed E-state index contributed by atoms with van der Waals surface area (Å²) in [6.07, 6.45) is 0. The Balaban J connectivity index is 1.75. The molecule has 2 amide bonds. The number of hydrogen-bond acceptors (Lipinski definition) is 5. The van der Waals surface area contributed by atoms with Gasteiger partial charge in [-0.25, -0.2) is 9.07 Å². The minimum absolute atomic E-state index is 0.160. The highest BCUT2D eigenvalue weighted by Crippen LogP contribution is 2.29. The van der Waals surface area contributed by atoms with E-state index in [1.54, 1.807) is 30.3 Å². The van der Waals surface area contributed by atoms with Crippen molar-refractivity contribution in [1.29, 1.82) is 0 Å². The Morgan fingerprint density at radius 3 is 2.47 bits per heavy atom. The molecule has 0 saturated heterocycles. The first-order valence-corrected chi connectivity index (χ1v) is 10.8. The van der Waals surface area contributed by atoms with E-state index in [1.165, 1.54) is 41.0 Å². The van der Waals surface area contributed by atoms with E-state index in [4.69, 9.17) is 4.74 Å². The van der Waals surface area contributed by atoms with Crippen LogP contribution >= 0.6 is 0 Å². The Labute approximate surface area is 195 Å². The van der Waals surface area contributed by atoms with Gasteiger partial charge < -0.3 is 10.1 Å². The molecule has 4 rings (SSSR count). The lowest BCUT2D eigenvalue weighted by molar-refractivity contribution is -0.127. The van der Waals surface area contributed by atoms with Crippen molar-refractivity contribution in [3.8, 4) is 0 Å². The van der Waals surface area contributed by atoms with Crippen LogP contribution in [0, 0.1) is 5.82 Å². The maximum absolute atomic E-state index is 13.7. The van der Waals surface area contributed by atoms with E-state index in [0.717, 1.165) is 0 Å². The number of ether oxygens (including phenoxy) is 1. The molecule has 4 aromatic rings. The molecule has 9 heteroatoms. The summed E-state index contributed by atoms with van der Waals surface area (Å²) in [5, 5.41) is 11.0. The molecule has 34 heavy (non-hydrogen) atoms. The van der Waals surface area contributed by atoms with Crippen molar-refractivity contribution in [3.05, 3.63) is 90.2 Å². The van der Waals surface area contributed by atoms with Gasteiger partial charge >= 0.3 is 0 Å². The van der Waals surface area contributed by atoms with Gasteiger partial charge in [-0.2, -0.15) is 0 Å². The molecule has 8 nitrogen and oxygen atoms in total. The molecule has 1 aromatic heterocycles. The molecular formula is C25H24FN5O3. The number of para-hydroxylation sites is 1. The van der Waals surface area contributed by atoms with Crippen LogP contribution in [-0.4, -0.2) is 47.1 Å². The summed E-state index contributed by atoms with van der Waals surface area (Å²) in [7, 11) is 1.54. The number of carbonyl (C=O) groups excluding carboxylic acids is 2. The largest absolute Gasteiger partial charge is 0.383 e. The number of halogens is 1. The number of amides is 2. The first kappa shape index (κ1) is 23.1. The second kappa shape index (κ2) is 10.7. The third-order valence-corrected chi connectivity index (χ3v) is 5.31. The lowest BCUT2D eigenvalue weighted by Crippen LogP contribution is -2.46. The lowest BCUT2D eigenvalue weighted by atomic mass is 10.0. The van der Waals surface area contributed by atoms with Gasteiger partial charge in [-0.15, -0.1) is 5.10 Å². The average Bonchev–Trinajstić information content (AvgIpc) is 3.26. The number of benzene rings is 3. The van der Waals surface area contributed by atoms with Crippen LogP contribution in [0.25, 0.3) is 11.0 Å². The number of carbonyl (C=O) groups is 2. The minimum atomic E-state index is -0.995. The van der Waals surface area contributed by atoms with Crippen molar-refractivity contribution in [1.82, 2.24) is 20.3 Å². The molecule has 174 valence electrons. The number of methoxy groups -OCH3 is 1. The van der Waals surface area contributed by atoms with Crippen LogP contribution in [0.15, 0.2) is 78.9 Å². The first-order valence-electron chi connectivity index (χ1n) is 10.8. The van der Waals surface area contributed by atoms with Crippen molar-refractivity contribution in [2.24, 2.45) is 0 Å². The normalized spacial score (nSPS) is 11.8. The van der Waals surface area contributed by atoms with Crippen LogP contribution in [0.5, 0.6) is 0 Å². The summed E-state index contributed by atoms with van der Waals surface area (Å²) in [5.41, 5.74) is 2.33. The van der Waals surface area contributed by atoms with Crippen LogP contribution in [0.2, 0.25) is 0 Å². The molecule has 0 fully saturated rings. The number of rotatable bonds is 9. The Kier molecular flexibility index (Phi) is 7.24. The number of aromatic nitrogens is 3. The second-order valence-electron chi connectivity index (χ2n) is 7.57. The fraction of sp³-hybridized carbons (Fsp3) is 0.200. The average molecular weight is 461 g/mol. The minimum Gasteiger partial charge on any atom is -0.383 e. The predicted octanol–water partition coefficient (Wildman–Crippen LogP) is 3.11. The maximum Gasteiger partial charge on any atom is 0.249 e. The van der Waals surface area contributed by atoms with E-state index in [1.807, 2.05) is 24.3 Å². The molecule has 1 N–H and O–H groups in total. The van der Waals surface area contributed by atoms with Gasteiger partial charge in [0.15, 0.2) is 0 Å². The highest BCUT2D eigenvalue weighted by molar-refractivity contribution is 6.01. The lowest BCUT2D eigenvalue weighted by Gasteiger charge is -2.31. The zero-order valence-electron chi connectivity index (χ0n) is 18.6. The van der Waals surface area contributed by atoms with E-state index < -0.39 is 17.8 Å². The first-order chi connectivity index (χ1) is 16.6. The molecule has 0 radical (unpaired) electrons. The van der Waals surface area contributed by atoms with E-state index in [9.17, 15) is 14.0 Å². The molecule has 0 aliphatic rings. The van der Waals surface area contributed by atoms with E-state index in [0.29, 0.717) is 28.9 Å². The standard InChI is InChI=1S/C25H24FN5O3/c1-34-16-15-27-25(33)24(18-7-3-2-4-8-18)31(20-13-11-19(26)12-14-20)23(32)17-30-22-10-6-5-9-21(22)28-29-30/h2-14,24H,15-17H2,1H3,(H,27,33)/t24-/m0/s1. The number of hydrogen-bond donors (Lipinski definition) is 1. The van der Waals surface area contributed by atoms with Gasteiger partial charge in [-0.1, -0.05) is 47.7 Å². The van der Waals surface area contributed by atoms with E-state index in [-0.39, 0.29) is 19.0 Å². The Hall–Kier alpha value is -4.11. The highest BCUT2D eigenvalue weighted by atomic mass is 19.1. The summed E-state index contributed by atoms with van der Waals surface area (Å²) >= 11 is 0. The van der Waals surface area contributed by atoms with Crippen LogP contribution < -0.4 is 10.2 Å². The van der Waals surface area contributed by atoms with Crippen molar-refractivity contribution < 1.29 is 18.7 Å². The zero-order valence-corrected chi connectivity index (χ0v) is 18.6. The van der Waals surface area contributed by atoms with Crippen molar-refractivity contribution in [2.75, 3.05) is 25.2 Å².